The summed E-state index contributed by atoms with van der Waals surface area (Å²) < 4.78 is 0. The second-order valence-corrected chi connectivity index (χ2v) is 5.92. The number of hydrogen-bond donors (Lipinski definition) is 2. The molecule has 8 heteroatoms. The Morgan fingerprint density at radius 3 is 2.67 bits per heavy atom. The van der Waals surface area contributed by atoms with Gasteiger partial charge in [0.05, 0.1) is 5.56 Å². The molecule has 2 aromatic heterocycles. The average Bonchev–Trinajstić information content (AvgIpc) is 2.63. The molecule has 2 aromatic rings. The van der Waals surface area contributed by atoms with Crippen LogP contribution in [-0.2, 0) is 0 Å². The normalized spacial score (nSPS) is 15.0. The second-order valence-electron chi connectivity index (χ2n) is 5.56. The van der Waals surface area contributed by atoms with Gasteiger partial charge < -0.3 is 15.5 Å². The Balaban J connectivity index is 1.61. The molecule has 3 heterocycles. The van der Waals surface area contributed by atoms with Crippen LogP contribution in [0.4, 0.5) is 17.3 Å². The van der Waals surface area contributed by atoms with Crippen LogP contribution >= 0.6 is 11.6 Å². The van der Waals surface area contributed by atoms with Crippen molar-refractivity contribution >= 4 is 28.9 Å². The van der Waals surface area contributed by atoms with Gasteiger partial charge in [0, 0.05) is 32.4 Å². The Bertz CT molecular complexity index is 733. The highest BCUT2D eigenvalue weighted by Gasteiger charge is 2.21. The van der Waals surface area contributed by atoms with Crippen LogP contribution in [0.15, 0.2) is 24.7 Å². The van der Waals surface area contributed by atoms with Gasteiger partial charge in [-0.2, -0.15) is 5.26 Å². The lowest BCUT2D eigenvalue weighted by atomic mass is 10.0. The molecule has 1 aliphatic heterocycles. The lowest BCUT2D eigenvalue weighted by molar-refractivity contribution is 0.522. The van der Waals surface area contributed by atoms with Crippen molar-refractivity contribution in [3.63, 3.8) is 0 Å². The van der Waals surface area contributed by atoms with E-state index in [1.165, 1.54) is 6.33 Å². The first-order valence-electron chi connectivity index (χ1n) is 7.77. The van der Waals surface area contributed by atoms with Gasteiger partial charge in [-0.15, -0.1) is 0 Å². The highest BCUT2D eigenvalue weighted by Crippen LogP contribution is 2.28. The molecule has 1 aliphatic rings. The number of hydrogen-bond acceptors (Lipinski definition) is 7. The van der Waals surface area contributed by atoms with Gasteiger partial charge in [-0.1, -0.05) is 11.6 Å². The monoisotopic (exact) mass is 343 g/mol. The van der Waals surface area contributed by atoms with Gasteiger partial charge >= 0.3 is 0 Å². The van der Waals surface area contributed by atoms with Crippen LogP contribution in [0.1, 0.15) is 18.4 Å². The van der Waals surface area contributed by atoms with E-state index in [9.17, 15) is 0 Å². The van der Waals surface area contributed by atoms with Gasteiger partial charge in [0.1, 0.15) is 23.9 Å². The third kappa shape index (κ3) is 3.49. The Hall–Kier alpha value is -2.59. The molecule has 0 radical (unpaired) electrons. The van der Waals surface area contributed by atoms with Crippen LogP contribution in [0.2, 0.25) is 5.15 Å². The number of aromatic nitrogens is 3. The number of piperidine rings is 1. The Morgan fingerprint density at radius 2 is 2.04 bits per heavy atom. The molecule has 3 rings (SSSR count). The van der Waals surface area contributed by atoms with Crippen LogP contribution in [-0.4, -0.2) is 41.1 Å². The largest absolute Gasteiger partial charge is 0.383 e. The molecule has 2 N–H and O–H groups in total. The lowest BCUT2D eigenvalue weighted by Gasteiger charge is -2.33. The van der Waals surface area contributed by atoms with Crippen LogP contribution in [0.25, 0.3) is 0 Å². The van der Waals surface area contributed by atoms with Crippen molar-refractivity contribution in [1.82, 2.24) is 15.0 Å². The van der Waals surface area contributed by atoms with Crippen molar-refractivity contribution in [2.75, 3.05) is 35.7 Å². The van der Waals surface area contributed by atoms with Crippen molar-refractivity contribution in [3.8, 4) is 6.07 Å². The number of nitriles is 1. The molecule has 0 saturated carbocycles. The topological polar surface area (TPSA) is 89.8 Å². The molecule has 0 aromatic carbocycles. The summed E-state index contributed by atoms with van der Waals surface area (Å²) >= 11 is 6.08. The van der Waals surface area contributed by atoms with Gasteiger partial charge in [-0.25, -0.2) is 15.0 Å². The standard InChI is InChI=1S/C16H18ClN7/c1-19-14-15(17)21-10-22-16(14)23-12-4-6-24(7-5-12)13-3-2-11(8-18)9-20-13/h2-3,9-10,12,19H,4-7H2,1H3,(H,21,22,23). The molecule has 1 saturated heterocycles. The lowest BCUT2D eigenvalue weighted by Crippen LogP contribution is -2.39. The van der Waals surface area contributed by atoms with E-state index in [-0.39, 0.29) is 0 Å². The van der Waals surface area contributed by atoms with Gasteiger partial charge in [0.15, 0.2) is 11.0 Å². The number of anilines is 3. The molecular formula is C16H18ClN7. The molecular weight excluding hydrogens is 326 g/mol. The van der Waals surface area contributed by atoms with Gasteiger partial charge in [0.2, 0.25) is 0 Å². The SMILES string of the molecule is CNc1c(Cl)ncnc1NC1CCN(c2ccc(C#N)cn2)CC1. The Labute approximate surface area is 145 Å². The quantitative estimate of drug-likeness (QED) is 0.824. The van der Waals surface area contributed by atoms with E-state index in [0.29, 0.717) is 16.8 Å². The van der Waals surface area contributed by atoms with Crippen molar-refractivity contribution < 1.29 is 0 Å². The minimum Gasteiger partial charge on any atom is -0.383 e. The Morgan fingerprint density at radius 1 is 1.25 bits per heavy atom. The zero-order valence-electron chi connectivity index (χ0n) is 13.3. The van der Waals surface area contributed by atoms with Crippen molar-refractivity contribution in [2.24, 2.45) is 0 Å². The maximum atomic E-state index is 8.84. The summed E-state index contributed by atoms with van der Waals surface area (Å²) in [6.45, 7) is 1.79. The third-order valence-corrected chi connectivity index (χ3v) is 4.37. The zero-order chi connectivity index (χ0) is 16.9. The van der Waals surface area contributed by atoms with Crippen molar-refractivity contribution in [1.29, 1.82) is 5.26 Å². The highest BCUT2D eigenvalue weighted by atomic mass is 35.5. The van der Waals surface area contributed by atoms with E-state index in [2.05, 4.69) is 36.6 Å². The molecule has 24 heavy (non-hydrogen) atoms. The second kappa shape index (κ2) is 7.32. The van der Waals surface area contributed by atoms with E-state index < -0.39 is 0 Å². The molecule has 0 bridgehead atoms. The van der Waals surface area contributed by atoms with E-state index in [4.69, 9.17) is 16.9 Å². The summed E-state index contributed by atoms with van der Waals surface area (Å²) in [5, 5.41) is 15.7. The number of rotatable bonds is 4. The summed E-state index contributed by atoms with van der Waals surface area (Å²) in [5.74, 6) is 1.64. The van der Waals surface area contributed by atoms with Gasteiger partial charge in [-0.3, -0.25) is 0 Å². The minimum absolute atomic E-state index is 0.317. The number of nitrogens with one attached hydrogen (secondary N) is 2. The fourth-order valence-electron chi connectivity index (χ4n) is 2.78. The molecule has 124 valence electrons. The predicted molar refractivity (Wildman–Crippen MR) is 94.4 cm³/mol. The molecule has 0 atom stereocenters. The fraction of sp³-hybridized carbons (Fsp3) is 0.375. The predicted octanol–water partition coefficient (Wildman–Crippen LogP) is 2.52. The van der Waals surface area contributed by atoms with E-state index in [1.54, 1.807) is 19.3 Å². The fourth-order valence-corrected chi connectivity index (χ4v) is 3.01. The van der Waals surface area contributed by atoms with Crippen LogP contribution in [0, 0.1) is 11.3 Å². The molecule has 0 unspecified atom stereocenters. The molecule has 7 nitrogen and oxygen atoms in total. The van der Waals surface area contributed by atoms with Crippen LogP contribution in [0.3, 0.4) is 0 Å². The highest BCUT2D eigenvalue weighted by molar-refractivity contribution is 6.32. The first kappa shape index (κ1) is 16.3. The summed E-state index contributed by atoms with van der Waals surface area (Å²) in [6.07, 6.45) is 5.00. The van der Waals surface area contributed by atoms with E-state index >= 15 is 0 Å². The summed E-state index contributed by atoms with van der Waals surface area (Å²) in [4.78, 5) is 14.8. The minimum atomic E-state index is 0.317. The molecule has 0 amide bonds. The van der Waals surface area contributed by atoms with Crippen LogP contribution in [0.5, 0.6) is 0 Å². The van der Waals surface area contributed by atoms with E-state index in [1.807, 2.05) is 6.07 Å². The smallest absolute Gasteiger partial charge is 0.157 e. The molecule has 0 spiro atoms. The first-order valence-corrected chi connectivity index (χ1v) is 8.15. The number of nitrogens with zero attached hydrogens (tertiary/aromatic N) is 5. The maximum Gasteiger partial charge on any atom is 0.157 e. The summed E-state index contributed by atoms with van der Waals surface area (Å²) in [7, 11) is 1.80. The zero-order valence-corrected chi connectivity index (χ0v) is 14.1. The molecule has 1 fully saturated rings. The van der Waals surface area contributed by atoms with Crippen molar-refractivity contribution in [3.05, 3.63) is 35.4 Å². The van der Waals surface area contributed by atoms with Gasteiger partial charge in [0.25, 0.3) is 0 Å². The molecule has 0 aliphatic carbocycles. The summed E-state index contributed by atoms with van der Waals surface area (Å²) in [5.41, 5.74) is 1.30. The average molecular weight is 344 g/mol. The van der Waals surface area contributed by atoms with Crippen molar-refractivity contribution in [2.45, 2.75) is 18.9 Å². The van der Waals surface area contributed by atoms with Gasteiger partial charge in [-0.05, 0) is 25.0 Å². The third-order valence-electron chi connectivity index (χ3n) is 4.09. The van der Waals surface area contributed by atoms with E-state index in [0.717, 1.165) is 43.3 Å². The first-order chi connectivity index (χ1) is 11.7. The maximum absolute atomic E-state index is 8.84. The Kier molecular flexibility index (Phi) is 4.96. The number of pyridine rings is 1. The van der Waals surface area contributed by atoms with Crippen LogP contribution < -0.4 is 15.5 Å². The number of halogens is 1. The summed E-state index contributed by atoms with van der Waals surface area (Å²) in [6, 6.07) is 6.10.